The van der Waals surface area contributed by atoms with Crippen molar-refractivity contribution in [1.29, 1.82) is 0 Å². The Hall–Kier alpha value is -3.77. The van der Waals surface area contributed by atoms with Gasteiger partial charge in [-0.3, -0.25) is 19.2 Å². The second-order valence-electron chi connectivity index (χ2n) is 9.97. The molecule has 3 N–H and O–H groups in total. The number of carbonyl (C=O) groups is 5. The Kier molecular flexibility index (Phi) is 12.5. The molecule has 3 amide bonds. The predicted octanol–water partition coefficient (Wildman–Crippen LogP) is 3.86. The number of nitrogens with one attached hydrogen (secondary N) is 3. The average Bonchev–Trinajstić information content (AvgIpc) is 3.44. The Labute approximate surface area is 253 Å². The fourth-order valence-corrected chi connectivity index (χ4v) is 5.48. The molecular weight excluding hydrogens is 576 g/mol. The van der Waals surface area contributed by atoms with E-state index in [0.717, 1.165) is 5.56 Å². The quantitative estimate of drug-likeness (QED) is 0.185. The van der Waals surface area contributed by atoms with Crippen LogP contribution in [0.5, 0.6) is 0 Å². The summed E-state index contributed by atoms with van der Waals surface area (Å²) < 4.78 is 5.75. The molecule has 0 spiro atoms. The second-order valence-corrected chi connectivity index (χ2v) is 12.1. The first kappa shape index (κ1) is 32.7. The minimum Gasteiger partial charge on any atom is -0.456 e. The van der Waals surface area contributed by atoms with E-state index >= 15 is 0 Å². The molecule has 42 heavy (non-hydrogen) atoms. The van der Waals surface area contributed by atoms with Gasteiger partial charge in [-0.25, -0.2) is 9.78 Å². The van der Waals surface area contributed by atoms with Gasteiger partial charge in [-0.05, 0) is 37.3 Å². The average molecular weight is 613 g/mol. The van der Waals surface area contributed by atoms with E-state index in [4.69, 9.17) is 4.74 Å². The van der Waals surface area contributed by atoms with Crippen molar-refractivity contribution in [3.63, 3.8) is 0 Å². The molecule has 0 aliphatic carbocycles. The van der Waals surface area contributed by atoms with Crippen molar-refractivity contribution < 1.29 is 28.7 Å². The number of esters is 1. The first-order chi connectivity index (χ1) is 20.1. The number of benzene rings is 1. The number of allylic oxidation sites excluding steroid dienone is 2. The number of carbonyl (C=O) groups excluding carboxylic acids is 5. The van der Waals surface area contributed by atoms with E-state index in [2.05, 4.69) is 20.9 Å². The lowest BCUT2D eigenvalue weighted by Crippen LogP contribution is -2.48. The van der Waals surface area contributed by atoms with Gasteiger partial charge in [0, 0.05) is 18.1 Å². The Morgan fingerprint density at radius 3 is 2.55 bits per heavy atom. The number of cyclic esters (lactones) is 1. The molecule has 2 aromatic rings. The van der Waals surface area contributed by atoms with Crippen LogP contribution in [0.4, 0.5) is 0 Å². The number of ether oxygens (including phenoxy) is 1. The Balaban J connectivity index is 1.96. The number of amides is 3. The molecule has 0 saturated carbocycles. The molecule has 2 bridgehead atoms. The smallest absolute Gasteiger partial charge is 0.329 e. The van der Waals surface area contributed by atoms with Crippen LogP contribution in [-0.2, 0) is 30.3 Å². The van der Waals surface area contributed by atoms with Gasteiger partial charge in [0.05, 0.1) is 12.5 Å². The summed E-state index contributed by atoms with van der Waals surface area (Å²) in [5.74, 6) is -2.14. The lowest BCUT2D eigenvalue weighted by molar-refractivity contribution is -0.153. The van der Waals surface area contributed by atoms with E-state index in [-0.39, 0.29) is 34.8 Å². The van der Waals surface area contributed by atoms with Crippen molar-refractivity contribution in [3.05, 3.63) is 75.9 Å². The van der Waals surface area contributed by atoms with Crippen LogP contribution in [-0.4, -0.2) is 51.7 Å². The number of aromatic nitrogens is 1. The molecule has 10 nitrogen and oxygen atoms in total. The highest BCUT2D eigenvalue weighted by Gasteiger charge is 2.31. The highest BCUT2D eigenvalue weighted by Crippen LogP contribution is 2.24. The molecule has 3 rings (SSSR count). The van der Waals surface area contributed by atoms with Gasteiger partial charge in [0.25, 0.3) is 11.8 Å². The van der Waals surface area contributed by atoms with Crippen molar-refractivity contribution in [3.8, 4) is 0 Å². The van der Waals surface area contributed by atoms with Gasteiger partial charge in [-0.2, -0.15) is 0 Å². The molecule has 1 aliphatic heterocycles. The van der Waals surface area contributed by atoms with Crippen LogP contribution in [0.2, 0.25) is 0 Å². The third-order valence-electron chi connectivity index (χ3n) is 6.25. The molecule has 1 aliphatic rings. The molecule has 0 saturated heterocycles. The summed E-state index contributed by atoms with van der Waals surface area (Å²) in [7, 11) is 0. The zero-order valence-electron chi connectivity index (χ0n) is 24.0. The SMILES string of the molecule is C/C=C1\NC(=O)c2csc(n2)[C@H](Cc2ccccc2)NC(=O)CC(/C=C/CCSC(C)=O)OC(=O)C(C(C)C)NC1=O. The standard InChI is InChI=1S/C30H36N4O6S2/c1-5-22-27(37)34-26(18(2)3)30(39)40-21(13-9-10-14-41-19(4)35)16-25(36)31-23(15-20-11-7-6-8-12-20)29-33-24(17-42-29)28(38)32-22/h5-9,11-13,17-18,21,23,26H,10,14-16H2,1-4H3,(H,31,36)(H,32,38)(H,34,37)/b13-9+,22-5-/t21?,23-,26?/m0/s1. The van der Waals surface area contributed by atoms with Crippen LogP contribution in [0.1, 0.15) is 67.6 Å². The molecular formula is C30H36N4O6S2. The fourth-order valence-electron chi connectivity index (χ4n) is 4.09. The summed E-state index contributed by atoms with van der Waals surface area (Å²) in [5.41, 5.74) is 1.02. The zero-order chi connectivity index (χ0) is 30.6. The van der Waals surface area contributed by atoms with Gasteiger partial charge in [-0.15, -0.1) is 11.3 Å². The van der Waals surface area contributed by atoms with E-state index < -0.39 is 36.0 Å². The van der Waals surface area contributed by atoms with Gasteiger partial charge < -0.3 is 20.7 Å². The van der Waals surface area contributed by atoms with Gasteiger partial charge in [-0.1, -0.05) is 68.1 Å². The normalized spacial score (nSPS) is 21.6. The summed E-state index contributed by atoms with van der Waals surface area (Å²) in [6.07, 6.45) is 4.70. The maximum atomic E-state index is 13.3. The van der Waals surface area contributed by atoms with Gasteiger partial charge in [0.15, 0.2) is 5.12 Å². The number of fused-ring (bicyclic) bond motifs is 2. The van der Waals surface area contributed by atoms with Crippen LogP contribution in [0, 0.1) is 5.92 Å². The summed E-state index contributed by atoms with van der Waals surface area (Å²) in [4.78, 5) is 68.4. The topological polar surface area (TPSA) is 144 Å². The highest BCUT2D eigenvalue weighted by atomic mass is 32.2. The van der Waals surface area contributed by atoms with Gasteiger partial charge >= 0.3 is 5.97 Å². The van der Waals surface area contributed by atoms with Crippen LogP contribution in [0.15, 0.2) is 59.6 Å². The van der Waals surface area contributed by atoms with Crippen molar-refractivity contribution >= 4 is 51.9 Å². The molecule has 0 fully saturated rings. The molecule has 2 unspecified atom stereocenters. The maximum Gasteiger partial charge on any atom is 0.329 e. The molecule has 3 atom stereocenters. The summed E-state index contributed by atoms with van der Waals surface area (Å²) >= 11 is 2.40. The number of thioether (sulfide) groups is 1. The van der Waals surface area contributed by atoms with E-state index in [1.165, 1.54) is 36.1 Å². The molecule has 224 valence electrons. The van der Waals surface area contributed by atoms with Crippen LogP contribution in [0.3, 0.4) is 0 Å². The number of hydrogen-bond donors (Lipinski definition) is 3. The second kappa shape index (κ2) is 16.0. The zero-order valence-corrected chi connectivity index (χ0v) is 25.7. The number of hydrogen-bond acceptors (Lipinski definition) is 9. The molecule has 1 aromatic heterocycles. The Morgan fingerprint density at radius 2 is 1.88 bits per heavy atom. The van der Waals surface area contributed by atoms with Crippen LogP contribution >= 0.6 is 23.1 Å². The van der Waals surface area contributed by atoms with Crippen molar-refractivity contribution in [1.82, 2.24) is 20.9 Å². The summed E-state index contributed by atoms with van der Waals surface area (Å²) in [6.45, 7) is 6.59. The summed E-state index contributed by atoms with van der Waals surface area (Å²) in [5, 5.41) is 10.3. The Bertz CT molecular complexity index is 1340. The number of rotatable bonds is 7. The number of thiazole rings is 1. The minimum absolute atomic E-state index is 0.000852. The lowest BCUT2D eigenvalue weighted by atomic mass is 10.0. The third kappa shape index (κ3) is 9.95. The molecule has 0 radical (unpaired) electrons. The molecule has 2 heterocycles. The Morgan fingerprint density at radius 1 is 1.14 bits per heavy atom. The first-order valence-electron chi connectivity index (χ1n) is 13.6. The van der Waals surface area contributed by atoms with E-state index in [1.807, 2.05) is 30.3 Å². The third-order valence-corrected chi connectivity index (χ3v) is 8.06. The maximum absolute atomic E-state index is 13.3. The van der Waals surface area contributed by atoms with Gasteiger partial charge in [0.1, 0.15) is 28.5 Å². The highest BCUT2D eigenvalue weighted by molar-refractivity contribution is 8.13. The van der Waals surface area contributed by atoms with Crippen molar-refractivity contribution in [2.75, 3.05) is 5.75 Å². The molecule has 12 heteroatoms. The fraction of sp³-hybridized carbons (Fsp3) is 0.400. The van der Waals surface area contributed by atoms with Crippen molar-refractivity contribution in [2.45, 2.75) is 65.1 Å². The predicted molar refractivity (Wildman–Crippen MR) is 163 cm³/mol. The monoisotopic (exact) mass is 612 g/mol. The largest absolute Gasteiger partial charge is 0.456 e. The van der Waals surface area contributed by atoms with E-state index in [0.29, 0.717) is 23.6 Å². The first-order valence-corrected chi connectivity index (χ1v) is 15.5. The van der Waals surface area contributed by atoms with E-state index in [9.17, 15) is 24.0 Å². The summed E-state index contributed by atoms with van der Waals surface area (Å²) in [6, 6.07) is 7.95. The number of nitrogens with zero attached hydrogens (tertiary/aromatic N) is 1. The van der Waals surface area contributed by atoms with Crippen LogP contribution < -0.4 is 16.0 Å². The van der Waals surface area contributed by atoms with Gasteiger partial charge in [0.2, 0.25) is 5.91 Å². The van der Waals surface area contributed by atoms with Crippen molar-refractivity contribution in [2.24, 2.45) is 5.92 Å². The molecule has 1 aromatic carbocycles. The minimum atomic E-state index is -1.04. The lowest BCUT2D eigenvalue weighted by Gasteiger charge is -2.25. The van der Waals surface area contributed by atoms with Crippen LogP contribution in [0.25, 0.3) is 0 Å². The van der Waals surface area contributed by atoms with E-state index in [1.54, 1.807) is 38.3 Å².